The van der Waals surface area contributed by atoms with E-state index in [4.69, 9.17) is 0 Å². The van der Waals surface area contributed by atoms with Gasteiger partial charge in [-0.15, -0.1) is 0 Å². The van der Waals surface area contributed by atoms with Crippen molar-refractivity contribution < 1.29 is 4.79 Å². The van der Waals surface area contributed by atoms with Gasteiger partial charge in [0.2, 0.25) is 5.95 Å². The summed E-state index contributed by atoms with van der Waals surface area (Å²) in [6, 6.07) is 19.6. The normalized spacial score (nSPS) is 14.1. The molecule has 3 aromatic rings. The smallest absolute Gasteiger partial charge is 0.254 e. The molecule has 0 unspecified atom stereocenters. The van der Waals surface area contributed by atoms with Gasteiger partial charge >= 0.3 is 0 Å². The fourth-order valence-corrected chi connectivity index (χ4v) is 3.21. The number of hydrogen-bond donors (Lipinski definition) is 1. The number of benzene rings is 2. The van der Waals surface area contributed by atoms with Crippen LogP contribution in [0.3, 0.4) is 0 Å². The molecule has 6 nitrogen and oxygen atoms in total. The minimum atomic E-state index is 0.0559. The van der Waals surface area contributed by atoms with Crippen molar-refractivity contribution in [3.8, 4) is 0 Å². The van der Waals surface area contributed by atoms with Crippen LogP contribution in [0.1, 0.15) is 10.4 Å². The molecule has 0 saturated carbocycles. The summed E-state index contributed by atoms with van der Waals surface area (Å²) < 4.78 is 0. The summed E-state index contributed by atoms with van der Waals surface area (Å²) in [6.45, 7) is 3.11. The molecule has 1 aliphatic heterocycles. The molecule has 136 valence electrons. The molecule has 1 aromatic heterocycles. The maximum absolute atomic E-state index is 12.9. The molecule has 4 rings (SSSR count). The van der Waals surface area contributed by atoms with Crippen LogP contribution < -0.4 is 10.2 Å². The summed E-state index contributed by atoms with van der Waals surface area (Å²) in [5.74, 6) is 0.568. The summed E-state index contributed by atoms with van der Waals surface area (Å²) in [5.41, 5.74) is 2.68. The zero-order valence-electron chi connectivity index (χ0n) is 15.0. The number of amides is 1. The van der Waals surface area contributed by atoms with Crippen LogP contribution in [0.15, 0.2) is 73.1 Å². The van der Waals surface area contributed by atoms with Crippen molar-refractivity contribution in [3.05, 3.63) is 78.6 Å². The number of rotatable bonds is 4. The molecular formula is C21H21N5O. The predicted octanol–water partition coefficient (Wildman–Crippen LogP) is 3.18. The number of nitrogens with one attached hydrogen (secondary N) is 1. The third kappa shape index (κ3) is 4.06. The Hall–Kier alpha value is -3.41. The van der Waals surface area contributed by atoms with Gasteiger partial charge in [0, 0.05) is 55.5 Å². The van der Waals surface area contributed by atoms with Crippen molar-refractivity contribution in [1.29, 1.82) is 0 Å². The molecule has 1 saturated heterocycles. The van der Waals surface area contributed by atoms with E-state index in [-0.39, 0.29) is 5.91 Å². The Labute approximate surface area is 158 Å². The van der Waals surface area contributed by atoms with Crippen LogP contribution >= 0.6 is 0 Å². The minimum Gasteiger partial charge on any atom is -0.368 e. The maximum Gasteiger partial charge on any atom is 0.254 e. The lowest BCUT2D eigenvalue weighted by atomic mass is 10.1. The highest BCUT2D eigenvalue weighted by Crippen LogP contribution is 2.19. The number of hydrogen-bond acceptors (Lipinski definition) is 5. The van der Waals surface area contributed by atoms with Crippen molar-refractivity contribution in [1.82, 2.24) is 14.9 Å². The molecular weight excluding hydrogens is 338 g/mol. The first-order chi connectivity index (χ1) is 13.3. The average Bonchev–Trinajstić information content (AvgIpc) is 2.75. The predicted molar refractivity (Wildman–Crippen MR) is 106 cm³/mol. The molecule has 0 bridgehead atoms. The summed E-state index contributed by atoms with van der Waals surface area (Å²) in [5, 5.41) is 3.13. The van der Waals surface area contributed by atoms with Crippen LogP contribution in [0.2, 0.25) is 0 Å². The second kappa shape index (κ2) is 7.86. The number of piperazine rings is 1. The molecule has 1 amide bonds. The summed E-state index contributed by atoms with van der Waals surface area (Å²) in [7, 11) is 0. The largest absolute Gasteiger partial charge is 0.368 e. The van der Waals surface area contributed by atoms with Crippen LogP contribution in [0.25, 0.3) is 0 Å². The highest BCUT2D eigenvalue weighted by molar-refractivity contribution is 5.95. The lowest BCUT2D eigenvalue weighted by Crippen LogP contribution is -2.48. The van der Waals surface area contributed by atoms with Gasteiger partial charge in [-0.1, -0.05) is 24.3 Å². The van der Waals surface area contributed by atoms with Crippen LogP contribution in [0.4, 0.5) is 17.3 Å². The fraction of sp³-hybridized carbons (Fsp3) is 0.190. The quantitative estimate of drug-likeness (QED) is 0.775. The van der Waals surface area contributed by atoms with Crippen LogP contribution in [-0.4, -0.2) is 47.0 Å². The Balaban J connectivity index is 1.41. The number of nitrogens with zero attached hydrogens (tertiary/aromatic N) is 4. The third-order valence-corrected chi connectivity index (χ3v) is 4.62. The minimum absolute atomic E-state index is 0.0559. The molecule has 0 atom stereocenters. The van der Waals surface area contributed by atoms with Gasteiger partial charge in [0.1, 0.15) is 0 Å². The lowest BCUT2D eigenvalue weighted by molar-refractivity contribution is 0.0747. The summed E-state index contributed by atoms with van der Waals surface area (Å²) in [4.78, 5) is 25.4. The van der Waals surface area contributed by atoms with E-state index in [9.17, 15) is 4.79 Å². The highest BCUT2D eigenvalue weighted by Gasteiger charge is 2.22. The van der Waals surface area contributed by atoms with Crippen LogP contribution in [-0.2, 0) is 0 Å². The molecule has 2 aromatic carbocycles. The highest BCUT2D eigenvalue weighted by atomic mass is 16.2. The van der Waals surface area contributed by atoms with Gasteiger partial charge in [0.05, 0.1) is 0 Å². The Morgan fingerprint density at radius 2 is 1.59 bits per heavy atom. The van der Waals surface area contributed by atoms with Gasteiger partial charge in [-0.3, -0.25) is 4.79 Å². The zero-order chi connectivity index (χ0) is 18.5. The van der Waals surface area contributed by atoms with E-state index in [1.807, 2.05) is 47.4 Å². The number of anilines is 3. The number of aromatic nitrogens is 2. The molecule has 0 radical (unpaired) electrons. The van der Waals surface area contributed by atoms with Crippen molar-refractivity contribution in [2.75, 3.05) is 36.4 Å². The molecule has 6 heteroatoms. The van der Waals surface area contributed by atoms with Crippen molar-refractivity contribution >= 4 is 23.2 Å². The van der Waals surface area contributed by atoms with Gasteiger partial charge in [0.15, 0.2) is 0 Å². The molecule has 27 heavy (non-hydrogen) atoms. The molecule has 1 fully saturated rings. The second-order valence-electron chi connectivity index (χ2n) is 6.39. The van der Waals surface area contributed by atoms with Gasteiger partial charge < -0.3 is 15.1 Å². The van der Waals surface area contributed by atoms with E-state index < -0.39 is 0 Å². The number of carbonyl (C=O) groups excluding carboxylic acids is 1. The van der Waals surface area contributed by atoms with E-state index in [2.05, 4.69) is 32.3 Å². The van der Waals surface area contributed by atoms with E-state index in [1.165, 1.54) is 5.69 Å². The van der Waals surface area contributed by atoms with Gasteiger partial charge in [0.25, 0.3) is 5.91 Å². The van der Waals surface area contributed by atoms with Gasteiger partial charge in [-0.05, 0) is 36.4 Å². The van der Waals surface area contributed by atoms with Crippen LogP contribution in [0.5, 0.6) is 0 Å². The topological polar surface area (TPSA) is 61.4 Å². The van der Waals surface area contributed by atoms with E-state index in [0.717, 1.165) is 18.8 Å². The first-order valence-electron chi connectivity index (χ1n) is 9.03. The molecule has 1 aliphatic rings. The van der Waals surface area contributed by atoms with Gasteiger partial charge in [-0.2, -0.15) is 0 Å². The SMILES string of the molecule is O=C(c1cccc(Nc2ncccn2)c1)N1CCN(c2ccccc2)CC1. The average molecular weight is 359 g/mol. The van der Waals surface area contributed by atoms with Crippen molar-refractivity contribution in [2.24, 2.45) is 0 Å². The van der Waals surface area contributed by atoms with Gasteiger partial charge in [-0.25, -0.2) is 9.97 Å². The van der Waals surface area contributed by atoms with Crippen LogP contribution in [0, 0.1) is 0 Å². The Morgan fingerprint density at radius 3 is 2.33 bits per heavy atom. The van der Waals surface area contributed by atoms with Crippen molar-refractivity contribution in [2.45, 2.75) is 0 Å². The Bertz CT molecular complexity index is 893. The summed E-state index contributed by atoms with van der Waals surface area (Å²) in [6.07, 6.45) is 3.35. The van der Waals surface area contributed by atoms with Crippen molar-refractivity contribution in [3.63, 3.8) is 0 Å². The molecule has 0 spiro atoms. The van der Waals surface area contributed by atoms with E-state index in [0.29, 0.717) is 24.6 Å². The maximum atomic E-state index is 12.9. The second-order valence-corrected chi connectivity index (χ2v) is 6.39. The number of carbonyl (C=O) groups is 1. The molecule has 1 N–H and O–H groups in total. The van der Waals surface area contributed by atoms with E-state index in [1.54, 1.807) is 18.5 Å². The third-order valence-electron chi connectivity index (χ3n) is 4.62. The lowest BCUT2D eigenvalue weighted by Gasteiger charge is -2.36. The number of para-hydroxylation sites is 1. The first kappa shape index (κ1) is 17.0. The zero-order valence-corrected chi connectivity index (χ0v) is 15.0. The van der Waals surface area contributed by atoms with E-state index >= 15 is 0 Å². The standard InChI is InChI=1S/C21H21N5O/c27-20(26-14-12-25(13-15-26)19-8-2-1-3-9-19)17-6-4-7-18(16-17)24-21-22-10-5-11-23-21/h1-11,16H,12-15H2,(H,22,23,24). The molecule has 0 aliphatic carbocycles. The molecule has 2 heterocycles. The Morgan fingerprint density at radius 1 is 0.852 bits per heavy atom. The monoisotopic (exact) mass is 359 g/mol. The Kier molecular flexibility index (Phi) is 4.96. The fourth-order valence-electron chi connectivity index (χ4n) is 3.21. The first-order valence-corrected chi connectivity index (χ1v) is 9.03. The summed E-state index contributed by atoms with van der Waals surface area (Å²) >= 11 is 0.